The van der Waals surface area contributed by atoms with Crippen molar-refractivity contribution >= 4 is 16.4 Å². The number of hydrogen-bond donors (Lipinski definition) is 0. The predicted octanol–water partition coefficient (Wildman–Crippen LogP) is 7.73. The first-order chi connectivity index (χ1) is 16.8. The van der Waals surface area contributed by atoms with Gasteiger partial charge in [0.05, 0.1) is 0 Å². The summed E-state index contributed by atoms with van der Waals surface area (Å²) in [5.41, 5.74) is 3.49. The van der Waals surface area contributed by atoms with E-state index in [0.717, 1.165) is 0 Å². The summed E-state index contributed by atoms with van der Waals surface area (Å²) >= 11 is -2.38. The van der Waals surface area contributed by atoms with E-state index in [4.69, 9.17) is 0 Å². The normalized spacial score (nSPS) is 15.3. The monoisotopic (exact) mass is 633 g/mol. The predicted molar refractivity (Wildman–Crippen MR) is 149 cm³/mol. The van der Waals surface area contributed by atoms with Gasteiger partial charge in [-0.05, 0) is 0 Å². The second kappa shape index (κ2) is 13.5. The number of unbranched alkanes of at least 4 members (excludes halogenated alkanes) is 4. The van der Waals surface area contributed by atoms with Gasteiger partial charge in [0.25, 0.3) is 0 Å². The molecular formula is C32H41HfSi. The second-order valence-corrected chi connectivity index (χ2v) is 30.3. The van der Waals surface area contributed by atoms with Gasteiger partial charge < -0.3 is 0 Å². The Balaban J connectivity index is 1.83. The van der Waals surface area contributed by atoms with Crippen molar-refractivity contribution in [3.05, 3.63) is 103 Å². The molecule has 2 aliphatic carbocycles. The zero-order chi connectivity index (χ0) is 23.6. The van der Waals surface area contributed by atoms with Gasteiger partial charge in [-0.15, -0.1) is 0 Å². The van der Waals surface area contributed by atoms with Gasteiger partial charge in [0, 0.05) is 0 Å². The van der Waals surface area contributed by atoms with Crippen LogP contribution in [-0.4, -0.2) is 5.98 Å². The van der Waals surface area contributed by atoms with Crippen LogP contribution in [0.5, 0.6) is 0 Å². The third kappa shape index (κ3) is 6.37. The zero-order valence-electron chi connectivity index (χ0n) is 21.2. The number of allylic oxidation sites excluding steroid dienone is 8. The molecule has 0 bridgehead atoms. The van der Waals surface area contributed by atoms with E-state index in [0.29, 0.717) is 0 Å². The van der Waals surface area contributed by atoms with Crippen molar-refractivity contribution in [1.82, 2.24) is 0 Å². The van der Waals surface area contributed by atoms with Crippen LogP contribution >= 0.6 is 0 Å². The first-order valence-corrected chi connectivity index (χ1v) is 25.1. The molecule has 0 unspecified atom stereocenters. The fourth-order valence-corrected chi connectivity index (χ4v) is 40.1. The van der Waals surface area contributed by atoms with Gasteiger partial charge in [0.15, 0.2) is 0 Å². The van der Waals surface area contributed by atoms with Crippen molar-refractivity contribution < 1.29 is 20.6 Å². The maximum absolute atomic E-state index is 2.52. The maximum atomic E-state index is 2.52. The Bertz CT molecular complexity index is 946. The van der Waals surface area contributed by atoms with E-state index in [-0.39, 0.29) is 0 Å². The second-order valence-electron chi connectivity index (χ2n) is 9.80. The summed E-state index contributed by atoms with van der Waals surface area (Å²) in [4.78, 5) is 0. The molecule has 0 saturated heterocycles. The Kier molecular flexibility index (Phi) is 10.2. The average Bonchev–Trinajstić information content (AvgIpc) is 3.54. The van der Waals surface area contributed by atoms with Crippen LogP contribution in [0.1, 0.15) is 78.1 Å². The fourth-order valence-electron chi connectivity index (χ4n) is 5.61. The zero-order valence-corrected chi connectivity index (χ0v) is 26.0. The number of benzene rings is 2. The molecule has 0 saturated carbocycles. The Hall–Kier alpha value is -1.51. The van der Waals surface area contributed by atoms with Crippen molar-refractivity contribution in [3.63, 3.8) is 0 Å². The molecule has 0 spiro atoms. The van der Waals surface area contributed by atoms with Crippen LogP contribution < -0.4 is 10.4 Å². The third-order valence-corrected chi connectivity index (χ3v) is 37.6. The summed E-state index contributed by atoms with van der Waals surface area (Å²) in [5.74, 6) is -1.31. The van der Waals surface area contributed by atoms with E-state index in [1.807, 2.05) is 6.66 Å². The molecule has 0 atom stereocenters. The molecule has 0 amide bonds. The molecule has 0 aliphatic heterocycles. The molecule has 0 nitrogen and oxygen atoms in total. The molecule has 34 heavy (non-hydrogen) atoms. The summed E-state index contributed by atoms with van der Waals surface area (Å²) in [6.07, 6.45) is 23.1. The Labute approximate surface area is 216 Å². The summed E-state index contributed by atoms with van der Waals surface area (Å²) in [7, 11) is 0. The molecule has 0 N–H and O–H groups in total. The van der Waals surface area contributed by atoms with Gasteiger partial charge in [-0.25, -0.2) is 0 Å². The fraction of sp³-hybridized carbons (Fsp3) is 0.375. The van der Waals surface area contributed by atoms with Crippen LogP contribution in [-0.2, 0) is 20.6 Å². The number of hydrogen-bond acceptors (Lipinski definition) is 0. The van der Waals surface area contributed by atoms with E-state index in [1.54, 1.807) is 21.5 Å². The molecule has 2 aliphatic rings. The van der Waals surface area contributed by atoms with E-state index in [2.05, 4.69) is 98.8 Å². The number of rotatable bonds is 13. The van der Waals surface area contributed by atoms with E-state index in [1.165, 1.54) is 64.2 Å². The van der Waals surface area contributed by atoms with E-state index >= 15 is 0 Å². The third-order valence-electron chi connectivity index (χ3n) is 7.36. The Morgan fingerprint density at radius 2 is 1.06 bits per heavy atom. The van der Waals surface area contributed by atoms with E-state index < -0.39 is 26.6 Å². The Morgan fingerprint density at radius 3 is 1.47 bits per heavy atom. The van der Waals surface area contributed by atoms with Gasteiger partial charge in [0.1, 0.15) is 0 Å². The van der Waals surface area contributed by atoms with Crippen molar-refractivity contribution in [2.24, 2.45) is 0 Å². The molecule has 2 heteroatoms. The van der Waals surface area contributed by atoms with Crippen molar-refractivity contribution in [2.75, 3.05) is 0 Å². The average molecular weight is 632 g/mol. The molecule has 177 valence electrons. The van der Waals surface area contributed by atoms with Gasteiger partial charge in [-0.2, -0.15) is 0 Å². The first kappa shape index (κ1) is 25.6. The van der Waals surface area contributed by atoms with Gasteiger partial charge in [-0.3, -0.25) is 0 Å². The van der Waals surface area contributed by atoms with Crippen LogP contribution in [0.15, 0.2) is 103 Å². The van der Waals surface area contributed by atoms with Crippen molar-refractivity contribution in [1.29, 1.82) is 0 Å². The van der Waals surface area contributed by atoms with Crippen molar-refractivity contribution in [2.45, 2.75) is 78.1 Å². The van der Waals surface area contributed by atoms with Crippen LogP contribution in [0.2, 0.25) is 0 Å². The molecule has 0 fully saturated rings. The first-order valence-electron chi connectivity index (χ1n) is 13.6. The van der Waals surface area contributed by atoms with Gasteiger partial charge in [0.2, 0.25) is 0 Å². The Morgan fingerprint density at radius 1 is 0.618 bits per heavy atom. The van der Waals surface area contributed by atoms with Crippen molar-refractivity contribution in [3.8, 4) is 0 Å². The standard InChI is InChI=1S/C12H11Si.2C10H15.Hf/c1-3-7-11(8-4-1)13-12-9-5-2-6-10-12;2*1-2-3-4-7-10-8-5-6-9-10;/h1-10,13H;2*5,8H,2-4,6-7H2,1H3;. The molecule has 0 radical (unpaired) electrons. The summed E-state index contributed by atoms with van der Waals surface area (Å²) in [5, 5.41) is 3.35. The molecular weight excluding hydrogens is 591 g/mol. The van der Waals surface area contributed by atoms with Crippen LogP contribution in [0.25, 0.3) is 0 Å². The molecule has 2 aromatic carbocycles. The van der Waals surface area contributed by atoms with E-state index in [9.17, 15) is 0 Å². The SMILES string of the molecule is CCCCCC1=[C]([Hf]([C]2=C(CCCCC)C=CC2)[SiH](c2ccccc2)c2ccccc2)CC=C1. The summed E-state index contributed by atoms with van der Waals surface area (Å²) < 4.78 is 3.91. The van der Waals surface area contributed by atoms with Crippen LogP contribution in [0.3, 0.4) is 0 Å². The van der Waals surface area contributed by atoms with Crippen LogP contribution in [0.4, 0.5) is 0 Å². The summed E-state index contributed by atoms with van der Waals surface area (Å²) in [6, 6.07) is 23.4. The topological polar surface area (TPSA) is 0 Å². The minimum atomic E-state index is -2.38. The quantitative estimate of drug-likeness (QED) is 0.157. The molecule has 2 aromatic rings. The molecule has 4 rings (SSSR count). The summed E-state index contributed by atoms with van der Waals surface area (Å²) in [6.45, 7) is 4.65. The molecule has 0 heterocycles. The van der Waals surface area contributed by atoms with Gasteiger partial charge >= 0.3 is 218 Å². The van der Waals surface area contributed by atoms with Crippen LogP contribution in [0, 0.1) is 0 Å². The minimum absolute atomic E-state index is 1.23. The van der Waals surface area contributed by atoms with Gasteiger partial charge in [-0.1, -0.05) is 0 Å². The molecule has 0 aromatic heterocycles.